The number of carbonyl (C=O) groups is 1. The smallest absolute Gasteiger partial charge is 0.242 e. The molecule has 18 heavy (non-hydrogen) atoms. The molecule has 0 spiro atoms. The highest BCUT2D eigenvalue weighted by molar-refractivity contribution is 5.93. The second-order valence-corrected chi connectivity index (χ2v) is 5.46. The van der Waals surface area contributed by atoms with Crippen LogP contribution in [0.15, 0.2) is 12.5 Å². The third-order valence-electron chi connectivity index (χ3n) is 2.85. The molecule has 1 rings (SSSR count). The van der Waals surface area contributed by atoms with E-state index in [1.165, 1.54) is 0 Å². The number of hydrogen-bond donors (Lipinski definition) is 2. The Kier molecular flexibility index (Phi) is 4.90. The maximum atomic E-state index is 12.0. The molecule has 0 aliphatic carbocycles. The molecule has 102 valence electrons. The van der Waals surface area contributed by atoms with Gasteiger partial charge in [0.05, 0.1) is 12.4 Å². The molecular weight excluding hydrogens is 228 g/mol. The van der Waals surface area contributed by atoms with Crippen molar-refractivity contribution in [3.05, 3.63) is 12.5 Å². The van der Waals surface area contributed by atoms with Crippen molar-refractivity contribution >= 4 is 11.7 Å². The van der Waals surface area contributed by atoms with Crippen LogP contribution in [0.1, 0.15) is 40.5 Å². The minimum atomic E-state index is -0.158. The zero-order valence-corrected chi connectivity index (χ0v) is 11.9. The van der Waals surface area contributed by atoms with E-state index >= 15 is 0 Å². The first-order chi connectivity index (χ1) is 8.38. The minimum Gasteiger partial charge on any atom is -0.330 e. The van der Waals surface area contributed by atoms with Gasteiger partial charge in [-0.05, 0) is 34.2 Å². The lowest BCUT2D eigenvalue weighted by molar-refractivity contribution is -0.118. The fraction of sp³-hybridized carbons (Fsp3) is 0.692. The number of likely N-dealkylation sites (N-methyl/N-ethyl adjacent to an activating group) is 1. The summed E-state index contributed by atoms with van der Waals surface area (Å²) in [5.74, 6) is 0.574. The van der Waals surface area contributed by atoms with Crippen molar-refractivity contribution < 1.29 is 4.79 Å². The van der Waals surface area contributed by atoms with E-state index in [9.17, 15) is 4.79 Å². The van der Waals surface area contributed by atoms with Gasteiger partial charge >= 0.3 is 0 Å². The van der Waals surface area contributed by atoms with E-state index in [4.69, 9.17) is 0 Å². The summed E-state index contributed by atoms with van der Waals surface area (Å²) in [4.78, 5) is 16.2. The molecule has 5 nitrogen and oxygen atoms in total. The average molecular weight is 252 g/mol. The van der Waals surface area contributed by atoms with Crippen molar-refractivity contribution in [3.8, 4) is 0 Å². The van der Waals surface area contributed by atoms with Gasteiger partial charge in [0.2, 0.25) is 5.91 Å². The number of anilines is 1. The molecule has 1 heterocycles. The average Bonchev–Trinajstić information content (AvgIpc) is 2.73. The van der Waals surface area contributed by atoms with Gasteiger partial charge in [-0.3, -0.25) is 4.79 Å². The molecule has 0 bridgehead atoms. The molecule has 1 aromatic heterocycles. The molecule has 0 fully saturated rings. The van der Waals surface area contributed by atoms with Gasteiger partial charge in [0, 0.05) is 11.7 Å². The van der Waals surface area contributed by atoms with Gasteiger partial charge in [-0.1, -0.05) is 13.3 Å². The third-order valence-corrected chi connectivity index (χ3v) is 2.85. The molecule has 1 aromatic rings. The number of nitrogens with zero attached hydrogens (tertiary/aromatic N) is 2. The fourth-order valence-corrected chi connectivity index (χ4v) is 1.66. The Bertz CT molecular complexity index is 392. The number of amides is 1. The number of hydrogen-bond acceptors (Lipinski definition) is 3. The van der Waals surface area contributed by atoms with Crippen LogP contribution in [-0.2, 0) is 10.3 Å². The Morgan fingerprint density at radius 1 is 1.50 bits per heavy atom. The monoisotopic (exact) mass is 252 g/mol. The predicted octanol–water partition coefficient (Wildman–Crippen LogP) is 1.96. The van der Waals surface area contributed by atoms with Crippen LogP contribution in [0.25, 0.3) is 0 Å². The summed E-state index contributed by atoms with van der Waals surface area (Å²) in [5, 5.41) is 5.85. The zero-order valence-electron chi connectivity index (χ0n) is 11.9. The first-order valence-electron chi connectivity index (χ1n) is 6.41. The molecular formula is C13H24N4O. The van der Waals surface area contributed by atoms with Gasteiger partial charge in [-0.2, -0.15) is 0 Å². The zero-order chi connectivity index (χ0) is 13.8. The third kappa shape index (κ3) is 3.84. The largest absolute Gasteiger partial charge is 0.330 e. The van der Waals surface area contributed by atoms with Gasteiger partial charge < -0.3 is 15.2 Å². The normalized spacial score (nSPS) is 13.4. The maximum Gasteiger partial charge on any atom is 0.242 e. The quantitative estimate of drug-likeness (QED) is 0.842. The van der Waals surface area contributed by atoms with Gasteiger partial charge in [0.25, 0.3) is 0 Å². The van der Waals surface area contributed by atoms with Crippen molar-refractivity contribution in [1.82, 2.24) is 14.9 Å². The van der Waals surface area contributed by atoms with Crippen LogP contribution >= 0.6 is 0 Å². The van der Waals surface area contributed by atoms with Gasteiger partial charge in [0.1, 0.15) is 0 Å². The Labute approximate surface area is 109 Å². The van der Waals surface area contributed by atoms with Gasteiger partial charge in [-0.15, -0.1) is 0 Å². The van der Waals surface area contributed by atoms with Crippen molar-refractivity contribution in [3.63, 3.8) is 0 Å². The molecule has 1 unspecified atom stereocenters. The topological polar surface area (TPSA) is 59.0 Å². The molecule has 0 aliphatic heterocycles. The van der Waals surface area contributed by atoms with Crippen molar-refractivity contribution in [1.29, 1.82) is 0 Å². The first kappa shape index (κ1) is 14.7. The fourth-order valence-electron chi connectivity index (χ4n) is 1.66. The molecule has 1 amide bonds. The Hall–Kier alpha value is -1.36. The Morgan fingerprint density at radius 2 is 2.17 bits per heavy atom. The lowest BCUT2D eigenvalue weighted by Crippen LogP contribution is -2.38. The molecule has 0 aliphatic rings. The van der Waals surface area contributed by atoms with Crippen molar-refractivity contribution in [2.45, 2.75) is 52.1 Å². The highest BCUT2D eigenvalue weighted by atomic mass is 16.2. The van der Waals surface area contributed by atoms with Crippen LogP contribution in [0.4, 0.5) is 5.82 Å². The Balaban J connectivity index is 2.67. The lowest BCUT2D eigenvalue weighted by Gasteiger charge is -2.19. The maximum absolute atomic E-state index is 12.0. The lowest BCUT2D eigenvalue weighted by atomic mass is 10.1. The summed E-state index contributed by atoms with van der Waals surface area (Å²) in [6.07, 6.45) is 5.39. The predicted molar refractivity (Wildman–Crippen MR) is 73.6 cm³/mol. The number of aromatic nitrogens is 2. The van der Waals surface area contributed by atoms with Crippen LogP contribution in [0.5, 0.6) is 0 Å². The summed E-state index contributed by atoms with van der Waals surface area (Å²) in [6.45, 7) is 8.33. The number of carbonyl (C=O) groups excluding carboxylic acids is 1. The Morgan fingerprint density at radius 3 is 2.61 bits per heavy atom. The number of imidazole rings is 1. The molecule has 0 saturated carbocycles. The summed E-state index contributed by atoms with van der Waals surface area (Å²) < 4.78 is 1.98. The van der Waals surface area contributed by atoms with E-state index in [2.05, 4.69) is 43.3 Å². The first-order valence-corrected chi connectivity index (χ1v) is 6.41. The van der Waals surface area contributed by atoms with E-state index in [0.29, 0.717) is 5.82 Å². The van der Waals surface area contributed by atoms with E-state index in [0.717, 1.165) is 12.8 Å². The summed E-state index contributed by atoms with van der Waals surface area (Å²) >= 11 is 0. The summed E-state index contributed by atoms with van der Waals surface area (Å²) in [6, 6.07) is -0.158. The van der Waals surface area contributed by atoms with Crippen molar-refractivity contribution in [2.24, 2.45) is 0 Å². The highest BCUT2D eigenvalue weighted by Crippen LogP contribution is 2.16. The standard InChI is InChI=1S/C13H24N4O/c1-6-7-10(14-5)12(18)16-11-8-17(9-15-11)13(2,3)4/h8-10,14H,6-7H2,1-5H3,(H,16,18). The van der Waals surface area contributed by atoms with Crippen LogP contribution in [0.3, 0.4) is 0 Å². The number of nitrogens with one attached hydrogen (secondary N) is 2. The number of rotatable bonds is 5. The van der Waals surface area contributed by atoms with Crippen LogP contribution in [0, 0.1) is 0 Å². The summed E-state index contributed by atoms with van der Waals surface area (Å²) in [7, 11) is 1.80. The van der Waals surface area contributed by atoms with E-state index < -0.39 is 0 Å². The second kappa shape index (κ2) is 6.00. The van der Waals surface area contributed by atoms with E-state index in [1.807, 2.05) is 10.8 Å². The minimum absolute atomic E-state index is 0.0260. The molecule has 0 aromatic carbocycles. The van der Waals surface area contributed by atoms with Gasteiger partial charge in [0.15, 0.2) is 5.82 Å². The summed E-state index contributed by atoms with van der Waals surface area (Å²) in [5.41, 5.74) is -0.0260. The molecule has 1 atom stereocenters. The van der Waals surface area contributed by atoms with Gasteiger partial charge in [-0.25, -0.2) is 4.98 Å². The highest BCUT2D eigenvalue weighted by Gasteiger charge is 2.18. The molecule has 0 radical (unpaired) electrons. The molecule has 5 heteroatoms. The van der Waals surface area contributed by atoms with Crippen LogP contribution in [-0.4, -0.2) is 28.5 Å². The SMILES string of the molecule is CCCC(NC)C(=O)Nc1cn(C(C)(C)C)cn1. The van der Waals surface area contributed by atoms with Crippen molar-refractivity contribution in [2.75, 3.05) is 12.4 Å². The second-order valence-electron chi connectivity index (χ2n) is 5.46. The van der Waals surface area contributed by atoms with Crippen LogP contribution in [0.2, 0.25) is 0 Å². The van der Waals surface area contributed by atoms with Crippen LogP contribution < -0.4 is 10.6 Å². The molecule has 2 N–H and O–H groups in total. The van der Waals surface area contributed by atoms with E-state index in [1.54, 1.807) is 13.4 Å². The van der Waals surface area contributed by atoms with E-state index in [-0.39, 0.29) is 17.5 Å². The molecule has 0 saturated heterocycles.